The minimum Gasteiger partial charge on any atom is -0.333 e. The van der Waals surface area contributed by atoms with Gasteiger partial charge in [0.1, 0.15) is 0 Å². The maximum Gasteiger partial charge on any atom is 0.264 e. The van der Waals surface area contributed by atoms with Crippen LogP contribution in [-0.2, 0) is 6.54 Å². The van der Waals surface area contributed by atoms with Crippen molar-refractivity contribution in [2.75, 3.05) is 19.6 Å². The van der Waals surface area contributed by atoms with Gasteiger partial charge in [-0.3, -0.25) is 14.7 Å². The molecule has 2 saturated heterocycles. The number of pyridine rings is 1. The summed E-state index contributed by atoms with van der Waals surface area (Å²) in [5.41, 5.74) is 1.25. The monoisotopic (exact) mass is 313 g/mol. The summed E-state index contributed by atoms with van der Waals surface area (Å²) in [7, 11) is 0. The van der Waals surface area contributed by atoms with Crippen molar-refractivity contribution < 1.29 is 4.79 Å². The van der Waals surface area contributed by atoms with Crippen molar-refractivity contribution >= 4 is 17.2 Å². The standard InChI is InChI=1S/C17H19N3OS/c21-17(16-4-2-8-22-16)20-7-5-14-11-19(12-15(14)20)10-13-3-1-6-18-9-13/h1-4,6,8-9,14-15H,5,7,10-12H2. The smallest absolute Gasteiger partial charge is 0.264 e. The Morgan fingerprint density at radius 1 is 1.32 bits per heavy atom. The van der Waals surface area contributed by atoms with Crippen LogP contribution in [0, 0.1) is 5.92 Å². The van der Waals surface area contributed by atoms with Crippen LogP contribution in [0.3, 0.4) is 0 Å². The third kappa shape index (κ3) is 2.55. The van der Waals surface area contributed by atoms with Gasteiger partial charge >= 0.3 is 0 Å². The van der Waals surface area contributed by atoms with Gasteiger partial charge in [0.2, 0.25) is 0 Å². The van der Waals surface area contributed by atoms with Gasteiger partial charge in [0.05, 0.1) is 4.88 Å². The molecule has 0 saturated carbocycles. The van der Waals surface area contributed by atoms with Gasteiger partial charge in [-0.25, -0.2) is 0 Å². The van der Waals surface area contributed by atoms with Gasteiger partial charge in [0.15, 0.2) is 0 Å². The quantitative estimate of drug-likeness (QED) is 0.873. The lowest BCUT2D eigenvalue weighted by Crippen LogP contribution is -2.39. The fourth-order valence-electron chi connectivity index (χ4n) is 3.72. The molecule has 2 aliphatic rings. The SMILES string of the molecule is O=C(c1cccs1)N1CCC2CN(Cc3cccnc3)CC21. The van der Waals surface area contributed by atoms with Crippen molar-refractivity contribution in [1.82, 2.24) is 14.8 Å². The Morgan fingerprint density at radius 2 is 2.27 bits per heavy atom. The Labute approximate surface area is 134 Å². The number of hydrogen-bond acceptors (Lipinski definition) is 4. The first-order valence-electron chi connectivity index (χ1n) is 7.77. The first-order valence-corrected chi connectivity index (χ1v) is 8.65. The van der Waals surface area contributed by atoms with E-state index < -0.39 is 0 Å². The van der Waals surface area contributed by atoms with Gasteiger partial charge in [-0.05, 0) is 35.4 Å². The average Bonchev–Trinajstić information content (AvgIpc) is 3.24. The van der Waals surface area contributed by atoms with Crippen LogP contribution in [-0.4, -0.2) is 46.4 Å². The molecule has 5 heteroatoms. The number of carbonyl (C=O) groups is 1. The lowest BCUT2D eigenvalue weighted by Gasteiger charge is -2.24. The number of likely N-dealkylation sites (tertiary alicyclic amines) is 2. The molecule has 114 valence electrons. The number of nitrogens with zero attached hydrogens (tertiary/aromatic N) is 3. The number of hydrogen-bond donors (Lipinski definition) is 0. The van der Waals surface area contributed by atoms with Crippen LogP contribution in [0.5, 0.6) is 0 Å². The van der Waals surface area contributed by atoms with E-state index in [0.717, 1.165) is 37.5 Å². The van der Waals surface area contributed by atoms with Gasteiger partial charge in [-0.15, -0.1) is 11.3 Å². The summed E-state index contributed by atoms with van der Waals surface area (Å²) < 4.78 is 0. The molecule has 0 aliphatic carbocycles. The second kappa shape index (κ2) is 5.82. The van der Waals surface area contributed by atoms with Crippen LogP contribution >= 0.6 is 11.3 Å². The molecule has 2 aromatic rings. The third-order valence-corrected chi connectivity index (χ3v) is 5.60. The zero-order valence-corrected chi connectivity index (χ0v) is 13.2. The number of fused-ring (bicyclic) bond motifs is 1. The summed E-state index contributed by atoms with van der Waals surface area (Å²) in [5.74, 6) is 0.839. The molecule has 0 radical (unpaired) electrons. The van der Waals surface area contributed by atoms with Crippen molar-refractivity contribution in [3.63, 3.8) is 0 Å². The Kier molecular flexibility index (Phi) is 3.68. The van der Waals surface area contributed by atoms with Crippen molar-refractivity contribution in [2.45, 2.75) is 19.0 Å². The summed E-state index contributed by atoms with van der Waals surface area (Å²) in [5, 5.41) is 1.98. The molecule has 4 rings (SSSR count). The molecule has 0 N–H and O–H groups in total. The highest BCUT2D eigenvalue weighted by Gasteiger charge is 2.43. The van der Waals surface area contributed by atoms with Gasteiger partial charge in [-0.1, -0.05) is 12.1 Å². The van der Waals surface area contributed by atoms with Crippen molar-refractivity contribution in [3.8, 4) is 0 Å². The van der Waals surface area contributed by atoms with Crippen LogP contribution < -0.4 is 0 Å². The van der Waals surface area contributed by atoms with Crippen LogP contribution in [0.25, 0.3) is 0 Å². The van der Waals surface area contributed by atoms with Crippen molar-refractivity contribution in [2.24, 2.45) is 5.92 Å². The molecule has 4 heterocycles. The molecular weight excluding hydrogens is 294 g/mol. The van der Waals surface area contributed by atoms with Crippen LogP contribution in [0.4, 0.5) is 0 Å². The number of thiophene rings is 1. The summed E-state index contributed by atoms with van der Waals surface area (Å²) >= 11 is 1.54. The Balaban J connectivity index is 1.44. The second-order valence-electron chi connectivity index (χ2n) is 6.15. The summed E-state index contributed by atoms with van der Waals surface area (Å²) in [6.07, 6.45) is 4.87. The number of aromatic nitrogens is 1. The summed E-state index contributed by atoms with van der Waals surface area (Å²) in [4.78, 5) is 22.2. The van der Waals surface area contributed by atoms with E-state index in [1.165, 1.54) is 5.56 Å². The molecule has 4 nitrogen and oxygen atoms in total. The number of rotatable bonds is 3. The third-order valence-electron chi connectivity index (χ3n) is 4.75. The first-order chi connectivity index (χ1) is 10.8. The minimum absolute atomic E-state index is 0.214. The fraction of sp³-hybridized carbons (Fsp3) is 0.412. The molecule has 22 heavy (non-hydrogen) atoms. The van der Waals surface area contributed by atoms with Crippen LogP contribution in [0.1, 0.15) is 21.7 Å². The van der Waals surface area contributed by atoms with Crippen LogP contribution in [0.15, 0.2) is 42.0 Å². The fourth-order valence-corrected chi connectivity index (χ4v) is 4.40. The molecule has 0 spiro atoms. The largest absolute Gasteiger partial charge is 0.333 e. The molecule has 2 atom stereocenters. The summed E-state index contributed by atoms with van der Waals surface area (Å²) in [6.45, 7) is 3.92. The van der Waals surface area contributed by atoms with E-state index in [2.05, 4.69) is 20.9 Å². The van der Waals surface area contributed by atoms with E-state index in [9.17, 15) is 4.79 Å². The molecule has 2 aliphatic heterocycles. The zero-order valence-electron chi connectivity index (χ0n) is 12.4. The van der Waals surface area contributed by atoms with E-state index in [1.807, 2.05) is 36.0 Å². The second-order valence-corrected chi connectivity index (χ2v) is 7.10. The molecule has 2 unspecified atom stereocenters. The Hall–Kier alpha value is -1.72. The van der Waals surface area contributed by atoms with E-state index in [0.29, 0.717) is 12.0 Å². The van der Waals surface area contributed by atoms with E-state index in [-0.39, 0.29) is 5.91 Å². The highest BCUT2D eigenvalue weighted by Crippen LogP contribution is 2.33. The van der Waals surface area contributed by atoms with E-state index in [1.54, 1.807) is 11.3 Å². The number of amides is 1. The molecular formula is C17H19N3OS. The highest BCUT2D eigenvalue weighted by atomic mass is 32.1. The van der Waals surface area contributed by atoms with Gasteiger partial charge in [0, 0.05) is 44.6 Å². The van der Waals surface area contributed by atoms with Gasteiger partial charge in [-0.2, -0.15) is 0 Å². The zero-order chi connectivity index (χ0) is 14.9. The first kappa shape index (κ1) is 13.9. The molecule has 1 amide bonds. The normalized spacial score (nSPS) is 24.6. The lowest BCUT2D eigenvalue weighted by molar-refractivity contribution is 0.0731. The Morgan fingerprint density at radius 3 is 3.05 bits per heavy atom. The predicted molar refractivity (Wildman–Crippen MR) is 86.8 cm³/mol. The average molecular weight is 313 g/mol. The summed E-state index contributed by atoms with van der Waals surface area (Å²) in [6, 6.07) is 8.37. The van der Waals surface area contributed by atoms with E-state index in [4.69, 9.17) is 0 Å². The van der Waals surface area contributed by atoms with Crippen molar-refractivity contribution in [1.29, 1.82) is 0 Å². The van der Waals surface area contributed by atoms with Gasteiger partial charge in [0.25, 0.3) is 5.91 Å². The molecule has 2 aromatic heterocycles. The maximum atomic E-state index is 12.6. The Bertz CT molecular complexity index is 643. The van der Waals surface area contributed by atoms with Crippen LogP contribution in [0.2, 0.25) is 0 Å². The predicted octanol–water partition coefficient (Wildman–Crippen LogP) is 2.49. The van der Waals surface area contributed by atoms with Crippen molar-refractivity contribution in [3.05, 3.63) is 52.5 Å². The molecule has 0 bridgehead atoms. The van der Waals surface area contributed by atoms with E-state index >= 15 is 0 Å². The molecule has 2 fully saturated rings. The van der Waals surface area contributed by atoms with Gasteiger partial charge < -0.3 is 4.90 Å². The number of carbonyl (C=O) groups excluding carboxylic acids is 1. The highest BCUT2D eigenvalue weighted by molar-refractivity contribution is 7.12. The lowest BCUT2D eigenvalue weighted by atomic mass is 10.1. The minimum atomic E-state index is 0.214. The molecule has 0 aromatic carbocycles. The maximum absolute atomic E-state index is 12.6. The topological polar surface area (TPSA) is 36.4 Å².